The molecule has 0 saturated heterocycles. The van der Waals surface area contributed by atoms with E-state index in [2.05, 4.69) is 10.6 Å². The second-order valence-corrected chi connectivity index (χ2v) is 8.22. The Morgan fingerprint density at radius 3 is 2.67 bits per heavy atom. The Bertz CT molecular complexity index is 1010. The molecule has 0 aliphatic carbocycles. The lowest BCUT2D eigenvalue weighted by Crippen LogP contribution is -2.25. The molecule has 0 atom stereocenters. The molecule has 0 spiro atoms. The Morgan fingerprint density at radius 1 is 1.26 bits per heavy atom. The maximum absolute atomic E-state index is 12.9. The number of rotatable bonds is 5. The molecule has 2 N–H and O–H groups in total. The Labute approximate surface area is 159 Å². The van der Waals surface area contributed by atoms with Crippen LogP contribution in [0.25, 0.3) is 0 Å². The number of sulfone groups is 1. The van der Waals surface area contributed by atoms with Crippen molar-refractivity contribution < 1.29 is 27.1 Å². The zero-order valence-corrected chi connectivity index (χ0v) is 15.4. The predicted molar refractivity (Wildman–Crippen MR) is 97.3 cm³/mol. The first kappa shape index (κ1) is 19.1. The van der Waals surface area contributed by atoms with Gasteiger partial charge in [-0.25, -0.2) is 12.8 Å². The van der Waals surface area contributed by atoms with Crippen LogP contribution in [0.4, 0.5) is 15.8 Å². The largest absolute Gasteiger partial charge is 0.482 e. The molecule has 2 aromatic carbocycles. The molecule has 1 aliphatic heterocycles. The average Bonchev–Trinajstić information content (AvgIpc) is 2.61. The van der Waals surface area contributed by atoms with Crippen LogP contribution in [-0.4, -0.2) is 32.6 Å². The van der Waals surface area contributed by atoms with E-state index in [0.29, 0.717) is 5.69 Å². The van der Waals surface area contributed by atoms with Crippen LogP contribution in [0.3, 0.4) is 0 Å². The number of nitrogens with one attached hydrogen (secondary N) is 2. The molecule has 0 bridgehead atoms. The first-order valence-corrected chi connectivity index (χ1v) is 9.82. The minimum atomic E-state index is -3.88. The summed E-state index contributed by atoms with van der Waals surface area (Å²) in [5, 5.41) is 4.93. The van der Waals surface area contributed by atoms with Crippen molar-refractivity contribution in [2.24, 2.45) is 0 Å². The number of fused-ring (bicyclic) bond motifs is 1. The van der Waals surface area contributed by atoms with Crippen molar-refractivity contribution in [2.75, 3.05) is 23.0 Å². The number of benzene rings is 2. The predicted octanol–water partition coefficient (Wildman–Crippen LogP) is 2.61. The Balaban J connectivity index is 1.70. The summed E-state index contributed by atoms with van der Waals surface area (Å²) >= 11 is 6.03. The third kappa shape index (κ3) is 4.55. The zero-order chi connectivity index (χ0) is 19.6. The summed E-state index contributed by atoms with van der Waals surface area (Å²) in [7, 11) is -3.88. The first-order valence-electron chi connectivity index (χ1n) is 7.79. The van der Waals surface area contributed by atoms with Gasteiger partial charge in [0.2, 0.25) is 5.91 Å². The third-order valence-corrected chi connectivity index (χ3v) is 5.90. The van der Waals surface area contributed by atoms with Gasteiger partial charge >= 0.3 is 0 Å². The highest BCUT2D eigenvalue weighted by atomic mass is 35.5. The highest BCUT2D eigenvalue weighted by molar-refractivity contribution is 7.91. The third-order valence-electron chi connectivity index (χ3n) is 3.73. The van der Waals surface area contributed by atoms with E-state index < -0.39 is 27.3 Å². The maximum Gasteiger partial charge on any atom is 0.262 e. The molecule has 1 heterocycles. The molecule has 1 aliphatic rings. The van der Waals surface area contributed by atoms with Crippen LogP contribution in [-0.2, 0) is 19.4 Å². The molecule has 2 amide bonds. The number of hydrogen-bond acceptors (Lipinski definition) is 5. The molecule has 3 rings (SSSR count). The molecule has 0 unspecified atom stereocenters. The lowest BCUT2D eigenvalue weighted by atomic mass is 10.2. The average molecular weight is 413 g/mol. The van der Waals surface area contributed by atoms with Gasteiger partial charge in [-0.2, -0.15) is 0 Å². The fourth-order valence-electron chi connectivity index (χ4n) is 2.41. The van der Waals surface area contributed by atoms with Gasteiger partial charge in [-0.15, -0.1) is 0 Å². The van der Waals surface area contributed by atoms with Gasteiger partial charge < -0.3 is 15.4 Å². The van der Waals surface area contributed by atoms with Crippen molar-refractivity contribution in [3.05, 3.63) is 47.2 Å². The zero-order valence-electron chi connectivity index (χ0n) is 13.8. The Morgan fingerprint density at radius 2 is 1.96 bits per heavy atom. The molecule has 10 heteroatoms. The van der Waals surface area contributed by atoms with Crippen LogP contribution < -0.4 is 15.4 Å². The molecule has 7 nitrogen and oxygen atoms in total. The second-order valence-electron chi connectivity index (χ2n) is 5.74. The van der Waals surface area contributed by atoms with E-state index in [4.69, 9.17) is 16.3 Å². The molecule has 27 heavy (non-hydrogen) atoms. The van der Waals surface area contributed by atoms with E-state index >= 15 is 0 Å². The molecule has 0 radical (unpaired) electrons. The highest BCUT2D eigenvalue weighted by Crippen LogP contribution is 2.36. The van der Waals surface area contributed by atoms with Crippen molar-refractivity contribution >= 4 is 44.6 Å². The SMILES string of the molecule is O=C(CCS(=O)(=O)c1cc2c(cc1Cl)NC(=O)CO2)Nc1ccc(F)cc1. The molecular weight excluding hydrogens is 399 g/mol. The summed E-state index contributed by atoms with van der Waals surface area (Å²) in [6.07, 6.45) is -0.315. The molecule has 0 saturated carbocycles. The summed E-state index contributed by atoms with van der Waals surface area (Å²) in [4.78, 5) is 23.1. The standard InChI is InChI=1S/C17H14ClFN2O5S/c18-12-7-13-14(26-9-17(23)21-13)8-15(12)27(24,25)6-5-16(22)20-11-3-1-10(19)2-4-11/h1-4,7-8H,5-6,9H2,(H,20,22)(H,21,23). The fraction of sp³-hybridized carbons (Fsp3) is 0.176. The summed E-state index contributed by atoms with van der Waals surface area (Å²) in [5.74, 6) is -1.65. The van der Waals surface area contributed by atoms with Gasteiger partial charge in [-0.1, -0.05) is 11.6 Å². The van der Waals surface area contributed by atoms with Crippen LogP contribution in [0.1, 0.15) is 6.42 Å². The van der Waals surface area contributed by atoms with Crippen LogP contribution in [0.2, 0.25) is 5.02 Å². The normalized spacial score (nSPS) is 13.3. The van der Waals surface area contributed by atoms with Gasteiger partial charge in [0.15, 0.2) is 16.4 Å². The number of carbonyl (C=O) groups excluding carboxylic acids is 2. The van der Waals surface area contributed by atoms with Gasteiger partial charge in [0.05, 0.1) is 21.4 Å². The summed E-state index contributed by atoms with van der Waals surface area (Å²) in [6, 6.07) is 7.61. The van der Waals surface area contributed by atoms with Gasteiger partial charge in [-0.05, 0) is 30.3 Å². The smallest absolute Gasteiger partial charge is 0.262 e. The fourth-order valence-corrected chi connectivity index (χ4v) is 4.25. The number of halogens is 2. The molecule has 2 aromatic rings. The number of anilines is 2. The molecule has 0 fully saturated rings. The van der Waals surface area contributed by atoms with Crippen molar-refractivity contribution in [1.29, 1.82) is 0 Å². The molecular formula is C17H14ClFN2O5S. The lowest BCUT2D eigenvalue weighted by molar-refractivity contribution is -0.118. The van der Waals surface area contributed by atoms with E-state index in [1.807, 2.05) is 0 Å². The van der Waals surface area contributed by atoms with E-state index in [9.17, 15) is 22.4 Å². The minimum Gasteiger partial charge on any atom is -0.482 e. The number of amides is 2. The van der Waals surface area contributed by atoms with Crippen molar-refractivity contribution in [1.82, 2.24) is 0 Å². The van der Waals surface area contributed by atoms with Gasteiger partial charge in [0.25, 0.3) is 5.91 Å². The van der Waals surface area contributed by atoms with Gasteiger partial charge in [0.1, 0.15) is 11.6 Å². The van der Waals surface area contributed by atoms with Crippen LogP contribution in [0, 0.1) is 5.82 Å². The van der Waals surface area contributed by atoms with E-state index in [0.717, 1.165) is 0 Å². The summed E-state index contributed by atoms with van der Waals surface area (Å²) < 4.78 is 43.1. The van der Waals surface area contributed by atoms with E-state index in [-0.39, 0.29) is 40.3 Å². The number of carbonyl (C=O) groups is 2. The lowest BCUT2D eigenvalue weighted by Gasteiger charge is -2.19. The summed E-state index contributed by atoms with van der Waals surface area (Å²) in [6.45, 7) is -0.228. The van der Waals surface area contributed by atoms with Crippen LogP contribution in [0.5, 0.6) is 5.75 Å². The van der Waals surface area contributed by atoms with E-state index in [1.54, 1.807) is 0 Å². The monoisotopic (exact) mass is 412 g/mol. The van der Waals surface area contributed by atoms with Crippen LogP contribution in [0.15, 0.2) is 41.3 Å². The van der Waals surface area contributed by atoms with Gasteiger partial charge in [-0.3, -0.25) is 9.59 Å². The quantitative estimate of drug-likeness (QED) is 0.786. The number of ether oxygens (including phenoxy) is 1. The minimum absolute atomic E-state index is 0.0847. The molecule has 0 aromatic heterocycles. The Kier molecular flexibility index (Phi) is 5.33. The van der Waals surface area contributed by atoms with Crippen molar-refractivity contribution in [3.8, 4) is 5.75 Å². The van der Waals surface area contributed by atoms with Crippen molar-refractivity contribution in [2.45, 2.75) is 11.3 Å². The topological polar surface area (TPSA) is 102 Å². The van der Waals surface area contributed by atoms with Crippen LogP contribution >= 0.6 is 11.6 Å². The first-order chi connectivity index (χ1) is 12.7. The number of hydrogen-bond donors (Lipinski definition) is 2. The Hall–Kier alpha value is -2.65. The van der Waals surface area contributed by atoms with Crippen molar-refractivity contribution in [3.63, 3.8) is 0 Å². The van der Waals surface area contributed by atoms with E-state index in [1.165, 1.54) is 36.4 Å². The second kappa shape index (κ2) is 7.53. The summed E-state index contributed by atoms with van der Waals surface area (Å²) in [5.41, 5.74) is 0.638. The maximum atomic E-state index is 12.9. The van der Waals surface area contributed by atoms with Gasteiger partial charge in [0, 0.05) is 18.2 Å². The highest BCUT2D eigenvalue weighted by Gasteiger charge is 2.25. The molecule has 142 valence electrons.